The summed E-state index contributed by atoms with van der Waals surface area (Å²) in [7, 11) is 0. The molecule has 0 heterocycles. The largest absolute Gasteiger partial charge is 0.462 e. The van der Waals surface area contributed by atoms with Gasteiger partial charge in [-0.1, -0.05) is 99.2 Å². The Kier molecular flexibility index (Phi) is 7.57. The summed E-state index contributed by atoms with van der Waals surface area (Å²) < 4.78 is 6.05. The number of allylic oxidation sites excluding steroid dienone is 2. The molecule has 3 fully saturated rings. The minimum Gasteiger partial charge on any atom is -0.462 e. The summed E-state index contributed by atoms with van der Waals surface area (Å²) in [6.45, 7) is 9.22. The van der Waals surface area contributed by atoms with Crippen LogP contribution in [0, 0.1) is 40.4 Å². The maximum Gasteiger partial charge on any atom is 0.302 e. The number of esters is 1. The van der Waals surface area contributed by atoms with Crippen molar-refractivity contribution in [1.82, 2.24) is 0 Å². The zero-order chi connectivity index (χ0) is 27.9. The van der Waals surface area contributed by atoms with Gasteiger partial charge in [-0.2, -0.15) is 0 Å². The van der Waals surface area contributed by atoms with E-state index >= 15 is 0 Å². The molecular weight excluding hydrogens is 488 g/mol. The molecule has 0 spiro atoms. The Labute approximate surface area is 242 Å². The molecule has 212 valence electrons. The van der Waals surface area contributed by atoms with Gasteiger partial charge in [-0.3, -0.25) is 4.79 Å². The fraction of sp³-hybridized carbons (Fsp3) is 0.553. The van der Waals surface area contributed by atoms with Crippen LogP contribution in [-0.2, 0) is 9.53 Å². The second-order valence-corrected chi connectivity index (χ2v) is 13.9. The van der Waals surface area contributed by atoms with Gasteiger partial charge in [0, 0.05) is 12.3 Å². The standard InChI is InChI=1S/C38H48O2/c1-26(18-20-31(28-12-7-5-8-13-28)29-14-9-6-10-15-29)33-22-23-34-32-21-19-30-16-11-17-36(40-27(2)39)38(30,4)35(32)24-25-37(33,34)3/h5-10,12-15,19-20,26,32-36H,11,16-18,21-25H2,1-4H3/t26-,32+,33-,34+,35+,36+,37-,38+/m1/s1. The lowest BCUT2D eigenvalue weighted by atomic mass is 9.46. The first-order valence-electron chi connectivity index (χ1n) is 16.0. The number of carbonyl (C=O) groups is 1. The van der Waals surface area contributed by atoms with E-state index in [1.807, 2.05) is 0 Å². The van der Waals surface area contributed by atoms with Crippen molar-refractivity contribution in [2.24, 2.45) is 40.4 Å². The third-order valence-electron chi connectivity index (χ3n) is 12.0. The number of benzene rings is 2. The lowest BCUT2D eigenvalue weighted by Gasteiger charge is -2.59. The highest BCUT2D eigenvalue weighted by atomic mass is 16.5. The molecular formula is C38H48O2. The Balaban J connectivity index is 1.23. The lowest BCUT2D eigenvalue weighted by molar-refractivity contribution is -0.162. The maximum absolute atomic E-state index is 12.1. The average Bonchev–Trinajstić information content (AvgIpc) is 3.32. The van der Waals surface area contributed by atoms with Crippen molar-refractivity contribution < 1.29 is 9.53 Å². The van der Waals surface area contributed by atoms with Gasteiger partial charge in [0.1, 0.15) is 6.10 Å². The van der Waals surface area contributed by atoms with Crippen molar-refractivity contribution in [3.05, 3.63) is 89.5 Å². The van der Waals surface area contributed by atoms with Gasteiger partial charge in [-0.25, -0.2) is 0 Å². The van der Waals surface area contributed by atoms with E-state index in [0.717, 1.165) is 37.0 Å². The van der Waals surface area contributed by atoms with Crippen LogP contribution < -0.4 is 0 Å². The zero-order valence-corrected chi connectivity index (χ0v) is 25.1. The number of ether oxygens (including phenoxy) is 1. The predicted molar refractivity (Wildman–Crippen MR) is 164 cm³/mol. The molecule has 40 heavy (non-hydrogen) atoms. The van der Waals surface area contributed by atoms with Crippen LogP contribution in [0.2, 0.25) is 0 Å². The van der Waals surface area contributed by atoms with E-state index in [0.29, 0.717) is 17.3 Å². The molecule has 2 heteroatoms. The van der Waals surface area contributed by atoms with Gasteiger partial charge in [0.25, 0.3) is 0 Å². The minimum absolute atomic E-state index is 0.0286. The molecule has 2 aromatic rings. The van der Waals surface area contributed by atoms with E-state index < -0.39 is 0 Å². The van der Waals surface area contributed by atoms with Crippen molar-refractivity contribution in [3.63, 3.8) is 0 Å². The second-order valence-electron chi connectivity index (χ2n) is 13.9. The van der Waals surface area contributed by atoms with E-state index in [9.17, 15) is 4.79 Å². The molecule has 4 aliphatic carbocycles. The highest BCUT2D eigenvalue weighted by Gasteiger charge is 2.61. The lowest BCUT2D eigenvalue weighted by Crippen LogP contribution is -2.55. The average molecular weight is 537 g/mol. The molecule has 0 amide bonds. The van der Waals surface area contributed by atoms with Gasteiger partial charge < -0.3 is 4.74 Å². The number of fused-ring (bicyclic) bond motifs is 5. The summed E-state index contributed by atoms with van der Waals surface area (Å²) in [5.41, 5.74) is 6.01. The fourth-order valence-electron chi connectivity index (χ4n) is 10.2. The summed E-state index contributed by atoms with van der Waals surface area (Å²) in [5, 5.41) is 0. The molecule has 6 rings (SSSR count). The van der Waals surface area contributed by atoms with E-state index in [-0.39, 0.29) is 17.5 Å². The van der Waals surface area contributed by atoms with Crippen molar-refractivity contribution in [1.29, 1.82) is 0 Å². The summed E-state index contributed by atoms with van der Waals surface area (Å²) >= 11 is 0. The first kappa shape index (κ1) is 27.6. The van der Waals surface area contributed by atoms with Gasteiger partial charge in [0.2, 0.25) is 0 Å². The topological polar surface area (TPSA) is 26.3 Å². The van der Waals surface area contributed by atoms with Gasteiger partial charge in [-0.15, -0.1) is 0 Å². The van der Waals surface area contributed by atoms with Crippen LogP contribution in [0.15, 0.2) is 78.4 Å². The fourth-order valence-corrected chi connectivity index (χ4v) is 10.2. The molecule has 0 saturated heterocycles. The van der Waals surface area contributed by atoms with E-state index in [4.69, 9.17) is 4.74 Å². The third kappa shape index (κ3) is 4.70. The Hall–Kier alpha value is -2.61. The first-order valence-corrected chi connectivity index (χ1v) is 16.0. The molecule has 2 nitrogen and oxygen atoms in total. The van der Waals surface area contributed by atoms with E-state index in [1.54, 1.807) is 12.5 Å². The van der Waals surface area contributed by atoms with Gasteiger partial charge in [-0.05, 0) is 109 Å². The van der Waals surface area contributed by atoms with Crippen molar-refractivity contribution in [2.75, 3.05) is 0 Å². The smallest absolute Gasteiger partial charge is 0.302 e. The molecule has 8 atom stereocenters. The second kappa shape index (κ2) is 11.0. The molecule has 3 saturated carbocycles. The molecule has 2 aromatic carbocycles. The Bertz CT molecular complexity index is 1220. The molecule has 0 N–H and O–H groups in total. The van der Waals surface area contributed by atoms with Crippen LogP contribution in [0.5, 0.6) is 0 Å². The monoisotopic (exact) mass is 536 g/mol. The van der Waals surface area contributed by atoms with Gasteiger partial charge in [0.15, 0.2) is 0 Å². The molecule has 4 aliphatic rings. The third-order valence-corrected chi connectivity index (χ3v) is 12.0. The Morgan fingerprint density at radius 2 is 1.62 bits per heavy atom. The SMILES string of the molecule is CC(=O)O[C@H]1CCCC2=CC[C@H]3[C@@H]4CC[C@H]([C@H](C)CC=C(c5ccccc5)c5ccccc5)[C@@]4(C)CC[C@@H]3[C@]21C. The number of rotatable bonds is 6. The van der Waals surface area contributed by atoms with Gasteiger partial charge >= 0.3 is 5.97 Å². The van der Waals surface area contributed by atoms with Crippen LogP contribution in [0.4, 0.5) is 0 Å². The van der Waals surface area contributed by atoms with Gasteiger partial charge in [0.05, 0.1) is 0 Å². The molecule has 0 aromatic heterocycles. The highest BCUT2D eigenvalue weighted by molar-refractivity contribution is 5.79. The van der Waals surface area contributed by atoms with E-state index in [1.165, 1.54) is 55.2 Å². The number of carbonyl (C=O) groups excluding carboxylic acids is 1. The first-order chi connectivity index (χ1) is 19.3. The molecule has 0 bridgehead atoms. The minimum atomic E-state index is -0.108. The molecule has 0 aliphatic heterocycles. The summed E-state index contributed by atoms with van der Waals surface area (Å²) in [6, 6.07) is 21.8. The van der Waals surface area contributed by atoms with E-state index in [2.05, 4.69) is 93.6 Å². The Morgan fingerprint density at radius 3 is 2.27 bits per heavy atom. The summed E-state index contributed by atoms with van der Waals surface area (Å²) in [5.74, 6) is 3.45. The molecule has 0 unspecified atom stereocenters. The quantitative estimate of drug-likeness (QED) is 0.271. The number of hydrogen-bond acceptors (Lipinski definition) is 2. The van der Waals surface area contributed by atoms with Crippen LogP contribution in [0.1, 0.15) is 96.6 Å². The highest BCUT2D eigenvalue weighted by Crippen LogP contribution is 2.67. The Morgan fingerprint density at radius 1 is 0.950 bits per heavy atom. The normalized spacial score (nSPS) is 35.4. The molecule has 0 radical (unpaired) electrons. The predicted octanol–water partition coefficient (Wildman–Crippen LogP) is 9.66. The van der Waals surface area contributed by atoms with Crippen molar-refractivity contribution in [2.45, 2.75) is 91.6 Å². The zero-order valence-electron chi connectivity index (χ0n) is 25.1. The summed E-state index contributed by atoms with van der Waals surface area (Å²) in [6.07, 6.45) is 16.2. The summed E-state index contributed by atoms with van der Waals surface area (Å²) in [4.78, 5) is 12.1. The van der Waals surface area contributed by atoms with Crippen LogP contribution in [0.25, 0.3) is 5.57 Å². The van der Waals surface area contributed by atoms with Crippen molar-refractivity contribution >= 4 is 11.5 Å². The number of hydrogen-bond donors (Lipinski definition) is 0. The van der Waals surface area contributed by atoms with Crippen LogP contribution >= 0.6 is 0 Å². The van der Waals surface area contributed by atoms with Crippen LogP contribution in [-0.4, -0.2) is 12.1 Å². The van der Waals surface area contributed by atoms with Crippen molar-refractivity contribution in [3.8, 4) is 0 Å². The maximum atomic E-state index is 12.1. The van der Waals surface area contributed by atoms with Crippen LogP contribution in [0.3, 0.4) is 0 Å².